The van der Waals surface area contributed by atoms with Crippen molar-refractivity contribution in [2.24, 2.45) is 0 Å². The summed E-state index contributed by atoms with van der Waals surface area (Å²) in [5.74, 6) is -0.419. The van der Waals surface area contributed by atoms with Crippen LogP contribution in [0.15, 0.2) is 16.6 Å². The van der Waals surface area contributed by atoms with Crippen LogP contribution >= 0.6 is 15.9 Å². The molecule has 1 aliphatic rings. The van der Waals surface area contributed by atoms with Gasteiger partial charge >= 0.3 is 0 Å². The van der Waals surface area contributed by atoms with Gasteiger partial charge in [-0.15, -0.1) is 0 Å². The van der Waals surface area contributed by atoms with Crippen LogP contribution in [0.3, 0.4) is 0 Å². The lowest BCUT2D eigenvalue weighted by molar-refractivity contribution is 0.362. The number of nitrogens with one attached hydrogen (secondary N) is 1. The zero-order chi connectivity index (χ0) is 9.42. The number of phenolic OH excluding ortho intramolecular Hbond substituents is 1. The smallest absolute Gasteiger partial charge is 0.141 e. The molecule has 2 nitrogen and oxygen atoms in total. The molecule has 0 aromatic heterocycles. The molecule has 2 rings (SSSR count). The third-order valence-corrected chi connectivity index (χ3v) is 3.05. The van der Waals surface area contributed by atoms with E-state index in [1.54, 1.807) is 6.07 Å². The van der Waals surface area contributed by atoms with Crippen LogP contribution in [-0.4, -0.2) is 11.7 Å². The number of rotatable bonds is 1. The molecule has 1 heterocycles. The maximum Gasteiger partial charge on any atom is 0.141 e. The Balaban J connectivity index is 2.41. The van der Waals surface area contributed by atoms with Crippen LogP contribution in [0, 0.1) is 5.82 Å². The van der Waals surface area contributed by atoms with Gasteiger partial charge in [-0.1, -0.05) is 6.07 Å². The highest BCUT2D eigenvalue weighted by molar-refractivity contribution is 9.10. The second-order valence-corrected chi connectivity index (χ2v) is 3.89. The molecule has 0 spiro atoms. The van der Waals surface area contributed by atoms with E-state index >= 15 is 0 Å². The molecular weight excluding hydrogens is 237 g/mol. The predicted molar refractivity (Wildman–Crippen MR) is 51.1 cm³/mol. The third kappa shape index (κ3) is 1.44. The molecule has 1 saturated heterocycles. The fourth-order valence-corrected chi connectivity index (χ4v) is 1.75. The largest absolute Gasteiger partial charge is 0.506 e. The lowest BCUT2D eigenvalue weighted by atomic mass is 9.97. The van der Waals surface area contributed by atoms with Crippen molar-refractivity contribution < 1.29 is 9.50 Å². The van der Waals surface area contributed by atoms with Gasteiger partial charge < -0.3 is 10.4 Å². The first-order valence-corrected chi connectivity index (χ1v) is 4.89. The minimum Gasteiger partial charge on any atom is -0.506 e. The Labute approximate surface area is 83.9 Å². The van der Waals surface area contributed by atoms with E-state index < -0.39 is 5.82 Å². The molecule has 0 radical (unpaired) electrons. The summed E-state index contributed by atoms with van der Waals surface area (Å²) in [6.07, 6.45) is 0.992. The first-order chi connectivity index (χ1) is 6.20. The lowest BCUT2D eigenvalue weighted by Crippen LogP contribution is -2.34. The molecule has 0 saturated carbocycles. The van der Waals surface area contributed by atoms with Gasteiger partial charge in [-0.3, -0.25) is 0 Å². The summed E-state index contributed by atoms with van der Waals surface area (Å²) < 4.78 is 13.1. The van der Waals surface area contributed by atoms with Gasteiger partial charge in [-0.25, -0.2) is 4.39 Å². The summed E-state index contributed by atoms with van der Waals surface area (Å²) in [7, 11) is 0. The van der Waals surface area contributed by atoms with Crippen LogP contribution in [0.1, 0.15) is 18.0 Å². The maximum absolute atomic E-state index is 12.9. The highest BCUT2D eigenvalue weighted by Gasteiger charge is 2.23. The van der Waals surface area contributed by atoms with Crippen LogP contribution in [0.25, 0.3) is 0 Å². The highest BCUT2D eigenvalue weighted by atomic mass is 79.9. The molecule has 1 fully saturated rings. The molecular formula is C9H9BrFNO. The zero-order valence-corrected chi connectivity index (χ0v) is 8.44. The zero-order valence-electron chi connectivity index (χ0n) is 6.85. The van der Waals surface area contributed by atoms with E-state index in [-0.39, 0.29) is 16.3 Å². The number of aromatic hydroxyl groups is 1. The van der Waals surface area contributed by atoms with E-state index in [0.717, 1.165) is 18.5 Å². The van der Waals surface area contributed by atoms with Gasteiger partial charge in [0, 0.05) is 11.6 Å². The summed E-state index contributed by atoms with van der Waals surface area (Å²) in [4.78, 5) is 0. The molecule has 2 N–H and O–H groups in total. The molecule has 1 aromatic rings. The Hall–Kier alpha value is -0.610. The first-order valence-electron chi connectivity index (χ1n) is 4.10. The Morgan fingerprint density at radius 3 is 2.77 bits per heavy atom. The standard InChI is InChI=1S/C9H9BrFNO/c10-8-6(11)2-1-5(9(8)13)7-3-4-12-7/h1-2,7,12-13H,3-4H2/t7-/m1/s1. The Morgan fingerprint density at radius 1 is 1.54 bits per heavy atom. The van der Waals surface area contributed by atoms with Gasteiger partial charge in [0.15, 0.2) is 0 Å². The van der Waals surface area contributed by atoms with Gasteiger partial charge in [-0.05, 0) is 35.0 Å². The molecule has 0 bridgehead atoms. The van der Waals surface area contributed by atoms with Crippen LogP contribution in [-0.2, 0) is 0 Å². The fraction of sp³-hybridized carbons (Fsp3) is 0.333. The summed E-state index contributed by atoms with van der Waals surface area (Å²) >= 11 is 3.00. The number of hydrogen-bond acceptors (Lipinski definition) is 2. The average Bonchev–Trinajstić information content (AvgIpc) is 2.03. The second kappa shape index (κ2) is 3.27. The average molecular weight is 246 g/mol. The Kier molecular flexibility index (Phi) is 2.26. The van der Waals surface area contributed by atoms with Crippen molar-refractivity contribution in [3.05, 3.63) is 28.0 Å². The monoisotopic (exact) mass is 245 g/mol. The predicted octanol–water partition coefficient (Wildman–Crippen LogP) is 2.33. The summed E-state index contributed by atoms with van der Waals surface area (Å²) in [5, 5.41) is 12.7. The minimum absolute atomic E-state index is 0.0113. The van der Waals surface area contributed by atoms with Crippen molar-refractivity contribution in [2.75, 3.05) is 6.54 Å². The third-order valence-electron chi connectivity index (χ3n) is 2.30. The highest BCUT2D eigenvalue weighted by Crippen LogP contribution is 2.36. The number of hydrogen-bond donors (Lipinski definition) is 2. The molecule has 1 aromatic carbocycles. The van der Waals surface area contributed by atoms with Gasteiger partial charge in [0.1, 0.15) is 11.6 Å². The van der Waals surface area contributed by atoms with E-state index in [4.69, 9.17) is 0 Å². The molecule has 13 heavy (non-hydrogen) atoms. The number of halogens is 2. The van der Waals surface area contributed by atoms with Crippen molar-refractivity contribution >= 4 is 15.9 Å². The van der Waals surface area contributed by atoms with E-state index in [1.807, 2.05) is 0 Å². The van der Waals surface area contributed by atoms with Gasteiger partial charge in [0.05, 0.1) is 4.47 Å². The SMILES string of the molecule is Oc1c([C@H]2CCN2)ccc(F)c1Br. The molecule has 4 heteroatoms. The topological polar surface area (TPSA) is 32.3 Å². The minimum atomic E-state index is -0.430. The van der Waals surface area contributed by atoms with Crippen LogP contribution < -0.4 is 5.32 Å². The van der Waals surface area contributed by atoms with Crippen molar-refractivity contribution in [2.45, 2.75) is 12.5 Å². The van der Waals surface area contributed by atoms with E-state index in [1.165, 1.54) is 6.07 Å². The van der Waals surface area contributed by atoms with E-state index in [0.29, 0.717) is 0 Å². The van der Waals surface area contributed by atoms with Crippen molar-refractivity contribution in [3.8, 4) is 5.75 Å². The molecule has 1 atom stereocenters. The quantitative estimate of drug-likeness (QED) is 0.797. The van der Waals surface area contributed by atoms with Crippen LogP contribution in [0.4, 0.5) is 4.39 Å². The summed E-state index contributed by atoms with van der Waals surface area (Å²) in [6.45, 7) is 0.957. The van der Waals surface area contributed by atoms with Gasteiger partial charge in [-0.2, -0.15) is 0 Å². The number of phenols is 1. The number of benzene rings is 1. The van der Waals surface area contributed by atoms with Crippen molar-refractivity contribution in [3.63, 3.8) is 0 Å². The van der Waals surface area contributed by atoms with Crippen LogP contribution in [0.5, 0.6) is 5.75 Å². The normalized spacial score (nSPS) is 21.2. The molecule has 0 unspecified atom stereocenters. The maximum atomic E-state index is 12.9. The summed E-state index contributed by atoms with van der Waals surface area (Å²) in [5.41, 5.74) is 0.763. The second-order valence-electron chi connectivity index (χ2n) is 3.09. The van der Waals surface area contributed by atoms with Gasteiger partial charge in [0.25, 0.3) is 0 Å². The van der Waals surface area contributed by atoms with Crippen molar-refractivity contribution in [1.29, 1.82) is 0 Å². The van der Waals surface area contributed by atoms with Crippen LogP contribution in [0.2, 0.25) is 0 Å². The molecule has 70 valence electrons. The molecule has 0 amide bonds. The van der Waals surface area contributed by atoms with E-state index in [2.05, 4.69) is 21.2 Å². The lowest BCUT2D eigenvalue weighted by Gasteiger charge is -2.28. The van der Waals surface area contributed by atoms with Crippen molar-refractivity contribution in [1.82, 2.24) is 5.32 Å². The Morgan fingerprint density at radius 2 is 2.23 bits per heavy atom. The Bertz CT molecular complexity index is 339. The van der Waals surface area contributed by atoms with Gasteiger partial charge in [0.2, 0.25) is 0 Å². The first kappa shape index (κ1) is 8.97. The molecule has 1 aliphatic heterocycles. The fourth-order valence-electron chi connectivity index (χ4n) is 1.39. The van der Waals surface area contributed by atoms with E-state index in [9.17, 15) is 9.50 Å². The molecule has 0 aliphatic carbocycles. The summed E-state index contributed by atoms with van der Waals surface area (Å²) in [6, 6.07) is 3.16.